The first kappa shape index (κ1) is 7.98. The van der Waals surface area contributed by atoms with Crippen molar-refractivity contribution in [2.24, 2.45) is 0 Å². The van der Waals surface area contributed by atoms with Gasteiger partial charge in [-0.05, 0) is 30.1 Å². The fourth-order valence-corrected chi connectivity index (χ4v) is 0.527. The van der Waals surface area contributed by atoms with Crippen LogP contribution in [0.4, 0.5) is 0 Å². The topological polar surface area (TPSA) is 12.9 Å². The molecule has 0 aliphatic heterocycles. The molecule has 1 aromatic heterocycles. The van der Waals surface area contributed by atoms with Crippen LogP contribution >= 0.6 is 23.3 Å². The van der Waals surface area contributed by atoms with Crippen LogP contribution in [0.25, 0.3) is 0 Å². The molecule has 0 saturated carbocycles. The van der Waals surface area contributed by atoms with Gasteiger partial charge in [-0.2, -0.15) is 11.8 Å². The first-order valence-corrected chi connectivity index (χ1v) is 4.63. The van der Waals surface area contributed by atoms with E-state index in [0.29, 0.717) is 0 Å². The third-order valence-corrected chi connectivity index (χ3v) is 0.869. The van der Waals surface area contributed by atoms with E-state index in [9.17, 15) is 0 Å². The van der Waals surface area contributed by atoms with Gasteiger partial charge in [-0.25, -0.2) is 4.37 Å². The molecule has 0 aliphatic carbocycles. The number of thioether (sulfide) groups is 1. The lowest BCUT2D eigenvalue weighted by molar-refractivity contribution is 1.58. The number of hydrogen-bond acceptors (Lipinski definition) is 3. The van der Waals surface area contributed by atoms with Crippen molar-refractivity contribution in [3.05, 3.63) is 17.6 Å². The van der Waals surface area contributed by atoms with Gasteiger partial charge in [-0.15, -0.1) is 0 Å². The molecule has 1 rings (SSSR count). The van der Waals surface area contributed by atoms with Crippen molar-refractivity contribution >= 4 is 23.3 Å². The summed E-state index contributed by atoms with van der Waals surface area (Å²) in [6, 6.07) is 1.91. The highest BCUT2D eigenvalue weighted by molar-refractivity contribution is 7.97. The predicted octanol–water partition coefficient (Wildman–Crippen LogP) is 2.12. The van der Waals surface area contributed by atoms with Crippen LogP contribution in [0, 0.1) is 0 Å². The third-order valence-electron chi connectivity index (χ3n) is 0.347. The molecule has 8 heavy (non-hydrogen) atoms. The summed E-state index contributed by atoms with van der Waals surface area (Å²) in [6.45, 7) is 0. The zero-order valence-corrected chi connectivity index (χ0v) is 6.63. The van der Waals surface area contributed by atoms with Crippen LogP contribution < -0.4 is 0 Å². The predicted molar refractivity (Wildman–Crippen MR) is 41.6 cm³/mol. The van der Waals surface area contributed by atoms with Gasteiger partial charge in [0.2, 0.25) is 0 Å². The number of nitrogens with zero attached hydrogens (tertiary/aromatic N) is 1. The molecule has 0 spiro atoms. The third kappa shape index (κ3) is 5.98. The maximum Gasteiger partial charge on any atom is 0.0406 e. The van der Waals surface area contributed by atoms with Crippen molar-refractivity contribution in [2.75, 3.05) is 12.5 Å². The highest BCUT2D eigenvalue weighted by Gasteiger charge is 1.59. The number of aromatic nitrogens is 1. The summed E-state index contributed by atoms with van der Waals surface area (Å²) in [5, 5.41) is 1.93. The molecule has 0 bridgehead atoms. The second-order valence-corrected chi connectivity index (χ2v) is 2.61. The Kier molecular flexibility index (Phi) is 6.96. The second kappa shape index (κ2) is 6.98. The van der Waals surface area contributed by atoms with E-state index in [1.54, 1.807) is 18.0 Å². The molecular weight excluding hydrogens is 138 g/mol. The van der Waals surface area contributed by atoms with Crippen LogP contribution in [0.1, 0.15) is 0 Å². The molecule has 0 atom stereocenters. The van der Waals surface area contributed by atoms with Gasteiger partial charge in [0.05, 0.1) is 0 Å². The Morgan fingerprint density at radius 2 is 2.12 bits per heavy atom. The highest BCUT2D eigenvalue weighted by atomic mass is 32.2. The molecule has 0 saturated heterocycles. The molecule has 0 aliphatic rings. The Labute approximate surface area is 58.3 Å². The molecule has 46 valence electrons. The summed E-state index contributed by atoms with van der Waals surface area (Å²) in [6.07, 6.45) is 5.85. The number of hydrogen-bond donors (Lipinski definition) is 0. The monoisotopic (exact) mass is 147 g/mol. The van der Waals surface area contributed by atoms with Gasteiger partial charge in [0.1, 0.15) is 0 Å². The van der Waals surface area contributed by atoms with Crippen molar-refractivity contribution in [2.45, 2.75) is 0 Å². The smallest absolute Gasteiger partial charge is 0.0406 e. The zero-order valence-electron chi connectivity index (χ0n) is 5.00. The van der Waals surface area contributed by atoms with Crippen LogP contribution in [0.3, 0.4) is 0 Å². The van der Waals surface area contributed by atoms with Gasteiger partial charge in [0.15, 0.2) is 0 Å². The van der Waals surface area contributed by atoms with E-state index >= 15 is 0 Å². The van der Waals surface area contributed by atoms with Crippen LogP contribution in [-0.2, 0) is 0 Å². The molecule has 1 aromatic rings. The van der Waals surface area contributed by atoms with Gasteiger partial charge in [-0.1, -0.05) is 0 Å². The molecule has 3 heteroatoms. The van der Waals surface area contributed by atoms with Crippen molar-refractivity contribution in [1.29, 1.82) is 0 Å². The van der Waals surface area contributed by atoms with Crippen LogP contribution in [0.2, 0.25) is 0 Å². The average molecular weight is 147 g/mol. The number of rotatable bonds is 0. The summed E-state index contributed by atoms with van der Waals surface area (Å²) in [7, 11) is 0. The lowest BCUT2D eigenvalue weighted by Crippen LogP contribution is -1.32. The Bertz CT molecular complexity index is 77.3. The standard InChI is InChI=1S/C3H3NS.C2H6S/c1-2-4-5-3-1;1-3-2/h1-3H;1-2H3. The van der Waals surface area contributed by atoms with Gasteiger partial charge in [0, 0.05) is 11.6 Å². The molecule has 0 amide bonds. The Morgan fingerprint density at radius 1 is 1.50 bits per heavy atom. The Morgan fingerprint density at radius 3 is 2.25 bits per heavy atom. The van der Waals surface area contributed by atoms with Gasteiger partial charge in [-0.3, -0.25) is 0 Å². The lowest BCUT2D eigenvalue weighted by Gasteiger charge is -1.51. The van der Waals surface area contributed by atoms with Crippen molar-refractivity contribution in [3.63, 3.8) is 0 Å². The van der Waals surface area contributed by atoms with Crippen LogP contribution in [0.15, 0.2) is 17.6 Å². The molecule has 0 fully saturated rings. The molecule has 0 N–H and O–H groups in total. The minimum atomic E-state index is 1.46. The lowest BCUT2D eigenvalue weighted by atomic mass is 10.8. The zero-order chi connectivity index (χ0) is 6.24. The van der Waals surface area contributed by atoms with Crippen molar-refractivity contribution in [1.82, 2.24) is 4.37 Å². The second-order valence-electron chi connectivity index (χ2n) is 1.10. The molecule has 0 unspecified atom stereocenters. The van der Waals surface area contributed by atoms with Gasteiger partial charge in [0.25, 0.3) is 0 Å². The largest absolute Gasteiger partial charge is 0.201 e. The Hall–Kier alpha value is -0.0200. The fraction of sp³-hybridized carbons (Fsp3) is 0.400. The van der Waals surface area contributed by atoms with Gasteiger partial charge < -0.3 is 0 Å². The molecule has 0 aromatic carbocycles. The van der Waals surface area contributed by atoms with Gasteiger partial charge >= 0.3 is 0 Å². The summed E-state index contributed by atoms with van der Waals surface area (Å²) in [4.78, 5) is 0. The van der Waals surface area contributed by atoms with Crippen LogP contribution in [-0.4, -0.2) is 16.9 Å². The van der Waals surface area contributed by atoms with Crippen molar-refractivity contribution in [3.8, 4) is 0 Å². The van der Waals surface area contributed by atoms with E-state index < -0.39 is 0 Å². The van der Waals surface area contributed by atoms with Crippen LogP contribution in [0.5, 0.6) is 0 Å². The molecular formula is C5H9NS2. The van der Waals surface area contributed by atoms with E-state index in [1.165, 1.54) is 11.5 Å². The minimum Gasteiger partial charge on any atom is -0.201 e. The molecule has 1 nitrogen and oxygen atoms in total. The van der Waals surface area contributed by atoms with E-state index in [4.69, 9.17) is 0 Å². The summed E-state index contributed by atoms with van der Waals surface area (Å²) >= 11 is 3.21. The minimum absolute atomic E-state index is 1.46. The fourth-order valence-electron chi connectivity index (χ4n) is 0.176. The Balaban J connectivity index is 0.000000145. The summed E-state index contributed by atoms with van der Waals surface area (Å²) < 4.78 is 3.76. The van der Waals surface area contributed by atoms with E-state index in [-0.39, 0.29) is 0 Å². The normalized spacial score (nSPS) is 7.25. The maximum absolute atomic E-state index is 3.76. The average Bonchev–Trinajstić information content (AvgIpc) is 2.17. The summed E-state index contributed by atoms with van der Waals surface area (Å²) in [5.74, 6) is 0. The summed E-state index contributed by atoms with van der Waals surface area (Å²) in [5.41, 5.74) is 0. The highest BCUT2D eigenvalue weighted by Crippen LogP contribution is 1.83. The first-order valence-electron chi connectivity index (χ1n) is 2.16. The maximum atomic E-state index is 3.76. The van der Waals surface area contributed by atoms with E-state index in [2.05, 4.69) is 4.37 Å². The van der Waals surface area contributed by atoms with Crippen molar-refractivity contribution < 1.29 is 0 Å². The molecule has 1 heterocycles. The van der Waals surface area contributed by atoms with E-state index in [1.807, 2.05) is 24.0 Å². The first-order chi connectivity index (χ1) is 3.91. The SMILES string of the molecule is CSC.c1cnsc1. The van der Waals surface area contributed by atoms with E-state index in [0.717, 1.165) is 0 Å². The quantitative estimate of drug-likeness (QED) is 0.557. The molecule has 0 radical (unpaired) electrons.